The highest BCUT2D eigenvalue weighted by Crippen LogP contribution is 2.29. The zero-order valence-electron chi connectivity index (χ0n) is 18.1. The topological polar surface area (TPSA) is 87.5 Å². The molecule has 164 valence electrons. The van der Waals surface area contributed by atoms with E-state index in [-0.39, 0.29) is 5.91 Å². The average Bonchev–Trinajstić information content (AvgIpc) is 3.45. The molecule has 8 nitrogen and oxygen atoms in total. The molecule has 1 N–H and O–H groups in total. The van der Waals surface area contributed by atoms with E-state index in [0.717, 1.165) is 22.7 Å². The van der Waals surface area contributed by atoms with Gasteiger partial charge in [0.15, 0.2) is 0 Å². The summed E-state index contributed by atoms with van der Waals surface area (Å²) < 4.78 is 17.5. The number of aryl methyl sites for hydroxylation is 1. The molecule has 4 rings (SSSR count). The van der Waals surface area contributed by atoms with Gasteiger partial charge in [0, 0.05) is 23.1 Å². The lowest BCUT2D eigenvalue weighted by atomic mass is 10.1. The van der Waals surface area contributed by atoms with Gasteiger partial charge >= 0.3 is 0 Å². The Morgan fingerprint density at radius 2 is 1.78 bits per heavy atom. The largest absolute Gasteiger partial charge is 0.497 e. The van der Waals surface area contributed by atoms with E-state index in [0.29, 0.717) is 28.0 Å². The normalized spacial score (nSPS) is 10.6. The minimum atomic E-state index is -0.324. The van der Waals surface area contributed by atoms with E-state index in [1.807, 2.05) is 36.6 Å². The number of amides is 1. The smallest absolute Gasteiger partial charge is 0.260 e. The molecule has 0 atom stereocenters. The number of nitrogens with one attached hydrogen (secondary N) is 1. The van der Waals surface area contributed by atoms with Gasteiger partial charge in [-0.1, -0.05) is 12.1 Å². The van der Waals surface area contributed by atoms with Gasteiger partial charge < -0.3 is 19.5 Å². The Balaban J connectivity index is 1.63. The Kier molecular flexibility index (Phi) is 6.09. The summed E-state index contributed by atoms with van der Waals surface area (Å²) in [5.74, 6) is 1.96. The molecule has 0 fully saturated rings. The van der Waals surface area contributed by atoms with E-state index in [1.54, 1.807) is 43.2 Å². The fraction of sp³-hybridized carbons (Fsp3) is 0.174. The molecule has 0 aliphatic heterocycles. The lowest BCUT2D eigenvalue weighted by Crippen LogP contribution is -2.16. The van der Waals surface area contributed by atoms with Crippen molar-refractivity contribution in [2.24, 2.45) is 0 Å². The van der Waals surface area contributed by atoms with Gasteiger partial charge in [-0.05, 0) is 31.2 Å². The van der Waals surface area contributed by atoms with Crippen LogP contribution in [0, 0.1) is 6.92 Å². The van der Waals surface area contributed by atoms with Crippen LogP contribution in [0.25, 0.3) is 16.4 Å². The van der Waals surface area contributed by atoms with Crippen LogP contribution in [0.15, 0.2) is 53.9 Å². The van der Waals surface area contributed by atoms with Gasteiger partial charge in [-0.25, -0.2) is 4.98 Å². The van der Waals surface area contributed by atoms with Gasteiger partial charge in [0.1, 0.15) is 23.1 Å². The number of carbonyl (C=O) groups excluding carboxylic acids is 1. The summed E-state index contributed by atoms with van der Waals surface area (Å²) in [4.78, 5) is 17.7. The third-order valence-corrected chi connectivity index (χ3v) is 5.58. The van der Waals surface area contributed by atoms with E-state index >= 15 is 0 Å². The summed E-state index contributed by atoms with van der Waals surface area (Å²) in [7, 11) is 4.70. The zero-order valence-corrected chi connectivity index (χ0v) is 18.9. The fourth-order valence-corrected chi connectivity index (χ4v) is 3.98. The first-order valence-corrected chi connectivity index (χ1v) is 10.6. The number of anilines is 1. The average molecular weight is 451 g/mol. The number of carbonyl (C=O) groups is 1. The molecule has 0 spiro atoms. The first-order valence-electron chi connectivity index (χ1n) is 9.72. The number of nitrogens with zero attached hydrogens (tertiary/aromatic N) is 3. The van der Waals surface area contributed by atoms with Gasteiger partial charge in [-0.3, -0.25) is 4.79 Å². The van der Waals surface area contributed by atoms with Crippen molar-refractivity contribution < 1.29 is 19.0 Å². The lowest BCUT2D eigenvalue weighted by molar-refractivity contribution is 0.102. The molecule has 9 heteroatoms. The molecule has 4 aromatic rings. The first kappa shape index (κ1) is 21.4. The summed E-state index contributed by atoms with van der Waals surface area (Å²) in [5.41, 5.74) is 2.87. The molecule has 2 heterocycles. The monoisotopic (exact) mass is 450 g/mol. The van der Waals surface area contributed by atoms with Gasteiger partial charge in [0.2, 0.25) is 5.13 Å². The molecule has 0 saturated carbocycles. The van der Waals surface area contributed by atoms with Crippen LogP contribution >= 0.6 is 11.3 Å². The third kappa shape index (κ3) is 4.28. The zero-order chi connectivity index (χ0) is 22.7. The molecule has 2 aromatic carbocycles. The Morgan fingerprint density at radius 1 is 1.00 bits per heavy atom. The number of hydrogen-bond donors (Lipinski definition) is 1. The van der Waals surface area contributed by atoms with Crippen LogP contribution in [-0.2, 0) is 0 Å². The fourth-order valence-electron chi connectivity index (χ4n) is 3.18. The van der Waals surface area contributed by atoms with Crippen molar-refractivity contribution in [3.63, 3.8) is 0 Å². The standard InChI is InChI=1S/C23H22N4O4S/c1-14-10-21(25-22(28)18-9-8-17(30-3)12-20(18)31-4)27(26-14)23-24-19(13-32-23)15-6-5-7-16(11-15)29-2/h5-13H,1-4H3,(H,25,28). The Morgan fingerprint density at radius 3 is 2.53 bits per heavy atom. The second-order valence-corrected chi connectivity index (χ2v) is 7.69. The van der Waals surface area contributed by atoms with Crippen LogP contribution in [0.4, 0.5) is 5.82 Å². The SMILES string of the molecule is COc1cccc(-c2csc(-n3nc(C)cc3NC(=O)c3ccc(OC)cc3OC)n2)c1. The number of rotatable bonds is 7. The highest BCUT2D eigenvalue weighted by molar-refractivity contribution is 7.12. The van der Waals surface area contributed by atoms with Gasteiger partial charge in [0.25, 0.3) is 5.91 Å². The van der Waals surface area contributed by atoms with Crippen LogP contribution in [0.5, 0.6) is 17.2 Å². The maximum absolute atomic E-state index is 13.0. The molecule has 1 amide bonds. The van der Waals surface area contributed by atoms with Crippen molar-refractivity contribution in [1.29, 1.82) is 0 Å². The van der Waals surface area contributed by atoms with Crippen LogP contribution in [0.2, 0.25) is 0 Å². The summed E-state index contributed by atoms with van der Waals surface area (Å²) in [6, 6.07) is 14.5. The Bertz CT molecular complexity index is 1260. The molecule has 0 saturated heterocycles. The first-order chi connectivity index (χ1) is 15.5. The number of ether oxygens (including phenoxy) is 3. The lowest BCUT2D eigenvalue weighted by Gasteiger charge is -2.11. The second kappa shape index (κ2) is 9.11. The summed E-state index contributed by atoms with van der Waals surface area (Å²) >= 11 is 1.43. The van der Waals surface area contributed by atoms with E-state index < -0.39 is 0 Å². The highest BCUT2D eigenvalue weighted by atomic mass is 32.1. The molecular formula is C23H22N4O4S. The van der Waals surface area contributed by atoms with E-state index in [4.69, 9.17) is 19.2 Å². The van der Waals surface area contributed by atoms with Crippen LogP contribution in [-0.4, -0.2) is 42.0 Å². The maximum Gasteiger partial charge on any atom is 0.260 e. The van der Waals surface area contributed by atoms with Crippen LogP contribution in [0.3, 0.4) is 0 Å². The Labute approximate surface area is 189 Å². The van der Waals surface area contributed by atoms with E-state index in [2.05, 4.69) is 10.4 Å². The number of hydrogen-bond acceptors (Lipinski definition) is 7. The number of benzene rings is 2. The predicted molar refractivity (Wildman–Crippen MR) is 123 cm³/mol. The van der Waals surface area contributed by atoms with Crippen molar-refractivity contribution >= 4 is 23.1 Å². The Hall–Kier alpha value is -3.85. The van der Waals surface area contributed by atoms with Crippen molar-refractivity contribution in [1.82, 2.24) is 14.8 Å². The third-order valence-electron chi connectivity index (χ3n) is 4.77. The summed E-state index contributed by atoms with van der Waals surface area (Å²) in [5, 5.41) is 10.0. The van der Waals surface area contributed by atoms with Crippen molar-refractivity contribution in [3.8, 4) is 33.6 Å². The van der Waals surface area contributed by atoms with Crippen molar-refractivity contribution in [2.45, 2.75) is 6.92 Å². The molecule has 0 aliphatic carbocycles. The van der Waals surface area contributed by atoms with Gasteiger partial charge in [-0.15, -0.1) is 11.3 Å². The van der Waals surface area contributed by atoms with E-state index in [1.165, 1.54) is 18.4 Å². The van der Waals surface area contributed by atoms with Crippen LogP contribution < -0.4 is 19.5 Å². The minimum absolute atomic E-state index is 0.324. The number of thiazole rings is 1. The van der Waals surface area contributed by atoms with Crippen molar-refractivity contribution in [2.75, 3.05) is 26.6 Å². The quantitative estimate of drug-likeness (QED) is 0.443. The molecule has 0 unspecified atom stereocenters. The predicted octanol–water partition coefficient (Wildman–Crippen LogP) is 4.58. The highest BCUT2D eigenvalue weighted by Gasteiger charge is 2.18. The van der Waals surface area contributed by atoms with Crippen molar-refractivity contribution in [3.05, 3.63) is 65.2 Å². The maximum atomic E-state index is 13.0. The molecule has 0 aliphatic rings. The minimum Gasteiger partial charge on any atom is -0.497 e. The summed E-state index contributed by atoms with van der Waals surface area (Å²) in [6.07, 6.45) is 0. The van der Waals surface area contributed by atoms with Crippen LogP contribution in [0.1, 0.15) is 16.1 Å². The summed E-state index contributed by atoms with van der Waals surface area (Å²) in [6.45, 7) is 1.86. The van der Waals surface area contributed by atoms with E-state index in [9.17, 15) is 4.79 Å². The molecule has 0 radical (unpaired) electrons. The number of methoxy groups -OCH3 is 3. The molecule has 32 heavy (non-hydrogen) atoms. The molecular weight excluding hydrogens is 428 g/mol. The molecule has 0 bridgehead atoms. The van der Waals surface area contributed by atoms with Gasteiger partial charge in [0.05, 0.1) is 38.3 Å². The molecule has 2 aromatic heterocycles. The number of aromatic nitrogens is 3. The second-order valence-electron chi connectivity index (χ2n) is 6.85. The van der Waals surface area contributed by atoms with Gasteiger partial charge in [-0.2, -0.15) is 9.78 Å².